The molecule has 0 saturated carbocycles. The lowest BCUT2D eigenvalue weighted by Gasteiger charge is -2.36. The van der Waals surface area contributed by atoms with Crippen LogP contribution in [-0.4, -0.2) is 17.7 Å². The van der Waals surface area contributed by atoms with Crippen molar-refractivity contribution in [1.82, 2.24) is 0 Å². The van der Waals surface area contributed by atoms with Crippen molar-refractivity contribution in [3.8, 4) is 5.75 Å². The third-order valence-corrected chi connectivity index (χ3v) is 6.48. The number of carboxylic acid groups (broad SMARTS) is 1. The maximum Gasteiger partial charge on any atom is 0.328 e. The van der Waals surface area contributed by atoms with Crippen molar-refractivity contribution in [2.24, 2.45) is 5.92 Å². The summed E-state index contributed by atoms with van der Waals surface area (Å²) in [6, 6.07) is 2.06. The van der Waals surface area contributed by atoms with E-state index >= 15 is 4.39 Å². The van der Waals surface area contributed by atoms with Crippen LogP contribution in [-0.2, 0) is 10.2 Å². The Kier molecular flexibility index (Phi) is 8.69. The van der Waals surface area contributed by atoms with Gasteiger partial charge in [0.15, 0.2) is 0 Å². The van der Waals surface area contributed by atoms with Crippen molar-refractivity contribution in [2.45, 2.75) is 66.7 Å². The number of rotatable bonds is 8. The largest absolute Gasteiger partial charge is 0.492 e. The smallest absolute Gasteiger partial charge is 0.328 e. The summed E-state index contributed by atoms with van der Waals surface area (Å²) in [7, 11) is 0. The number of carboxylic acids is 1. The minimum absolute atomic E-state index is 0.0792. The number of allylic oxidation sites excluding steroid dienone is 7. The number of carbonyl (C=O) groups is 1. The van der Waals surface area contributed by atoms with Crippen LogP contribution in [0.5, 0.6) is 5.75 Å². The van der Waals surface area contributed by atoms with Crippen LogP contribution in [0, 0.1) is 5.92 Å². The van der Waals surface area contributed by atoms with Gasteiger partial charge in [-0.15, -0.1) is 0 Å². The summed E-state index contributed by atoms with van der Waals surface area (Å²) >= 11 is 3.82. The fraction of sp³-hybridized carbons (Fsp3) is 0.444. The molecule has 1 aromatic carbocycles. The van der Waals surface area contributed by atoms with Crippen molar-refractivity contribution in [1.29, 1.82) is 0 Å². The van der Waals surface area contributed by atoms with Gasteiger partial charge in [-0.05, 0) is 93.9 Å². The van der Waals surface area contributed by atoms with Gasteiger partial charge in [-0.3, -0.25) is 0 Å². The van der Waals surface area contributed by atoms with E-state index in [9.17, 15) is 4.79 Å². The normalized spacial score (nSPS) is 16.7. The van der Waals surface area contributed by atoms with Crippen molar-refractivity contribution >= 4 is 33.0 Å². The molecule has 1 aromatic rings. The molecule has 0 fully saturated rings. The lowest BCUT2D eigenvalue weighted by molar-refractivity contribution is -0.131. The number of aliphatic carboxylic acids is 1. The molecule has 0 aromatic heterocycles. The topological polar surface area (TPSA) is 46.5 Å². The van der Waals surface area contributed by atoms with E-state index in [0.717, 1.165) is 29.0 Å². The fourth-order valence-electron chi connectivity index (χ4n) is 3.97. The van der Waals surface area contributed by atoms with E-state index in [0.29, 0.717) is 35.0 Å². The molecule has 174 valence electrons. The zero-order valence-electron chi connectivity index (χ0n) is 20.1. The van der Waals surface area contributed by atoms with E-state index in [-0.39, 0.29) is 5.41 Å². The Labute approximate surface area is 199 Å². The second-order valence-electron chi connectivity index (χ2n) is 9.27. The zero-order valence-corrected chi connectivity index (χ0v) is 21.7. The molecule has 0 aliphatic heterocycles. The van der Waals surface area contributed by atoms with Crippen LogP contribution in [0.15, 0.2) is 46.2 Å². The van der Waals surface area contributed by atoms with Gasteiger partial charge in [0, 0.05) is 11.6 Å². The molecule has 1 aliphatic carbocycles. The molecule has 0 spiro atoms. The Bertz CT molecular complexity index is 1010. The maximum atomic E-state index is 15.2. The molecule has 1 aliphatic rings. The van der Waals surface area contributed by atoms with Crippen molar-refractivity contribution in [2.75, 3.05) is 6.61 Å². The molecule has 0 heterocycles. The molecule has 1 N–H and O–H groups in total. The van der Waals surface area contributed by atoms with Gasteiger partial charge < -0.3 is 9.84 Å². The summed E-state index contributed by atoms with van der Waals surface area (Å²) in [5.74, 6) is -0.494. The highest BCUT2D eigenvalue weighted by Gasteiger charge is 2.34. The first-order valence-corrected chi connectivity index (χ1v) is 11.9. The third-order valence-electron chi connectivity index (χ3n) is 5.72. The monoisotopic (exact) mass is 504 g/mol. The number of hydrogen-bond donors (Lipinski definition) is 1. The van der Waals surface area contributed by atoms with Gasteiger partial charge in [-0.2, -0.15) is 0 Å². The average molecular weight is 505 g/mol. The molecule has 0 bridgehead atoms. The summed E-state index contributed by atoms with van der Waals surface area (Å²) < 4.78 is 22.2. The second-order valence-corrected chi connectivity index (χ2v) is 10.1. The van der Waals surface area contributed by atoms with Gasteiger partial charge in [0.2, 0.25) is 0 Å². The van der Waals surface area contributed by atoms with E-state index < -0.39 is 11.8 Å². The van der Waals surface area contributed by atoms with Crippen LogP contribution in [0.1, 0.15) is 78.0 Å². The molecule has 0 amide bonds. The number of halogens is 2. The second kappa shape index (κ2) is 10.7. The summed E-state index contributed by atoms with van der Waals surface area (Å²) in [5.41, 5.74) is 5.11. The molecule has 0 atom stereocenters. The first-order valence-electron chi connectivity index (χ1n) is 11.1. The number of fused-ring (bicyclic) bond motifs is 1. The number of hydrogen-bond acceptors (Lipinski definition) is 2. The minimum atomic E-state index is -1.06. The van der Waals surface area contributed by atoms with Crippen LogP contribution < -0.4 is 4.74 Å². The standard InChI is InChI=1S/C27H34BrFO3/c1-8-13-32-26-20(18(5)22(29)10-9-17(4)14-23(30)31)15-21-19(16(2)3)11-12-27(6,7)24(21)25(26)28/h9-11,14-16H,8,12-13H2,1-7H3,(H,30,31). The Balaban J connectivity index is 2.75. The Morgan fingerprint density at radius 2 is 1.97 bits per heavy atom. The maximum absolute atomic E-state index is 15.2. The molecule has 0 unspecified atom stereocenters. The minimum Gasteiger partial charge on any atom is -0.492 e. The molecular weight excluding hydrogens is 471 g/mol. The van der Waals surface area contributed by atoms with E-state index in [4.69, 9.17) is 9.84 Å². The Morgan fingerprint density at radius 3 is 2.53 bits per heavy atom. The van der Waals surface area contributed by atoms with Gasteiger partial charge in [0.1, 0.15) is 11.6 Å². The summed E-state index contributed by atoms with van der Waals surface area (Å²) in [4.78, 5) is 10.8. The van der Waals surface area contributed by atoms with Crippen LogP contribution >= 0.6 is 15.9 Å². The average Bonchev–Trinajstić information content (AvgIpc) is 2.69. The predicted octanol–water partition coefficient (Wildman–Crippen LogP) is 8.25. The highest BCUT2D eigenvalue weighted by molar-refractivity contribution is 9.10. The van der Waals surface area contributed by atoms with Crippen molar-refractivity contribution in [3.63, 3.8) is 0 Å². The lowest BCUT2D eigenvalue weighted by Crippen LogP contribution is -2.24. The quantitative estimate of drug-likeness (QED) is 0.286. The van der Waals surface area contributed by atoms with Crippen LogP contribution in [0.3, 0.4) is 0 Å². The highest BCUT2D eigenvalue weighted by Crippen LogP contribution is 2.50. The van der Waals surface area contributed by atoms with Crippen LogP contribution in [0.2, 0.25) is 0 Å². The first-order chi connectivity index (χ1) is 14.9. The van der Waals surface area contributed by atoms with E-state index in [1.165, 1.54) is 23.3 Å². The lowest BCUT2D eigenvalue weighted by atomic mass is 9.70. The highest BCUT2D eigenvalue weighted by atomic mass is 79.9. The summed E-state index contributed by atoms with van der Waals surface area (Å²) in [5, 5.41) is 8.87. The van der Waals surface area contributed by atoms with Crippen molar-refractivity contribution in [3.05, 3.63) is 62.9 Å². The van der Waals surface area contributed by atoms with E-state index in [2.05, 4.69) is 55.8 Å². The Morgan fingerprint density at radius 1 is 1.31 bits per heavy atom. The third kappa shape index (κ3) is 5.80. The zero-order chi connectivity index (χ0) is 24.2. The van der Waals surface area contributed by atoms with Gasteiger partial charge in [-0.1, -0.05) is 46.8 Å². The summed E-state index contributed by atoms with van der Waals surface area (Å²) in [6.07, 6.45) is 7.89. The van der Waals surface area contributed by atoms with Gasteiger partial charge in [-0.25, -0.2) is 9.18 Å². The summed E-state index contributed by atoms with van der Waals surface area (Å²) in [6.45, 7) is 14.7. The molecule has 5 heteroatoms. The molecule has 3 nitrogen and oxygen atoms in total. The Hall–Kier alpha value is -2.14. The van der Waals surface area contributed by atoms with Crippen molar-refractivity contribution < 1.29 is 19.0 Å². The molecular formula is C27H34BrFO3. The van der Waals surface area contributed by atoms with E-state index in [1.807, 2.05) is 6.92 Å². The van der Waals surface area contributed by atoms with Gasteiger partial charge in [0.05, 0.1) is 11.1 Å². The molecule has 0 saturated heterocycles. The predicted molar refractivity (Wildman–Crippen MR) is 135 cm³/mol. The number of benzene rings is 1. The van der Waals surface area contributed by atoms with Crippen LogP contribution in [0.4, 0.5) is 4.39 Å². The fourth-order valence-corrected chi connectivity index (χ4v) is 5.05. The first kappa shape index (κ1) is 26.1. The van der Waals surface area contributed by atoms with Gasteiger partial charge in [0.25, 0.3) is 0 Å². The SMILES string of the molecule is CCCOc1c(C(C)=C(F)C=CC(C)=CC(=O)O)cc2c(c1Br)C(C)(C)CC=C2C(C)C. The van der Waals surface area contributed by atoms with Crippen LogP contribution in [0.25, 0.3) is 11.1 Å². The van der Waals surface area contributed by atoms with E-state index in [1.54, 1.807) is 13.8 Å². The molecule has 32 heavy (non-hydrogen) atoms. The molecule has 2 rings (SSSR count). The van der Waals surface area contributed by atoms with Gasteiger partial charge >= 0.3 is 5.97 Å². The molecule has 0 radical (unpaired) electrons. The number of ether oxygens (including phenoxy) is 1.